The van der Waals surface area contributed by atoms with Crippen LogP contribution in [0.25, 0.3) is 0 Å². The summed E-state index contributed by atoms with van der Waals surface area (Å²) in [4.78, 5) is 2.39. The van der Waals surface area contributed by atoms with Gasteiger partial charge in [0.05, 0.1) is 12.7 Å². The van der Waals surface area contributed by atoms with E-state index in [2.05, 4.69) is 31.1 Å². The van der Waals surface area contributed by atoms with E-state index in [0.29, 0.717) is 17.6 Å². The summed E-state index contributed by atoms with van der Waals surface area (Å²) in [6, 6.07) is 0.619. The molecular weight excluding hydrogens is 212 g/mol. The zero-order valence-corrected chi connectivity index (χ0v) is 11.7. The highest BCUT2D eigenvalue weighted by molar-refractivity contribution is 4.89. The van der Waals surface area contributed by atoms with Crippen LogP contribution in [0, 0.1) is 5.41 Å². The minimum atomic E-state index is 0.461. The fraction of sp³-hybridized carbons (Fsp3) is 1.00. The molecule has 0 radical (unpaired) electrons. The van der Waals surface area contributed by atoms with E-state index in [4.69, 9.17) is 4.74 Å². The fourth-order valence-electron chi connectivity index (χ4n) is 2.94. The van der Waals surface area contributed by atoms with Crippen LogP contribution in [-0.2, 0) is 4.74 Å². The average molecular weight is 240 g/mol. The van der Waals surface area contributed by atoms with Gasteiger partial charge in [-0.1, -0.05) is 0 Å². The molecule has 0 aromatic rings. The van der Waals surface area contributed by atoms with Gasteiger partial charge in [-0.05, 0) is 65.1 Å². The Labute approximate surface area is 106 Å². The summed E-state index contributed by atoms with van der Waals surface area (Å²) >= 11 is 0. The number of hydrogen-bond donors (Lipinski definition) is 1. The first-order valence-corrected chi connectivity index (χ1v) is 7.14. The van der Waals surface area contributed by atoms with Crippen molar-refractivity contribution in [1.82, 2.24) is 10.2 Å². The van der Waals surface area contributed by atoms with Crippen LogP contribution in [0.3, 0.4) is 0 Å². The van der Waals surface area contributed by atoms with Crippen molar-refractivity contribution < 1.29 is 4.74 Å². The molecule has 100 valence electrons. The van der Waals surface area contributed by atoms with Gasteiger partial charge in [-0.2, -0.15) is 0 Å². The summed E-state index contributed by atoms with van der Waals surface area (Å²) in [6.45, 7) is 8.94. The summed E-state index contributed by atoms with van der Waals surface area (Å²) in [5.41, 5.74) is 0.512. The lowest BCUT2D eigenvalue weighted by atomic mass is 9.74. The highest BCUT2D eigenvalue weighted by Crippen LogP contribution is 2.38. The zero-order valence-electron chi connectivity index (χ0n) is 11.7. The van der Waals surface area contributed by atoms with Crippen LogP contribution in [0.1, 0.15) is 39.5 Å². The zero-order chi connectivity index (χ0) is 12.3. The van der Waals surface area contributed by atoms with Crippen molar-refractivity contribution in [3.8, 4) is 0 Å². The third kappa shape index (κ3) is 3.43. The van der Waals surface area contributed by atoms with E-state index in [-0.39, 0.29) is 0 Å². The molecule has 1 atom stereocenters. The fourth-order valence-corrected chi connectivity index (χ4v) is 2.94. The number of nitrogens with zero attached hydrogens (tertiary/aromatic N) is 1. The highest BCUT2D eigenvalue weighted by Gasteiger charge is 2.37. The average Bonchev–Trinajstić information content (AvgIpc) is 2.33. The Morgan fingerprint density at radius 3 is 2.53 bits per heavy atom. The predicted molar refractivity (Wildman–Crippen MR) is 71.3 cm³/mol. The van der Waals surface area contributed by atoms with E-state index in [1.807, 2.05) is 0 Å². The molecule has 0 bridgehead atoms. The third-order valence-corrected chi connectivity index (χ3v) is 4.66. The Bertz CT molecular complexity index is 226. The van der Waals surface area contributed by atoms with Gasteiger partial charge in [0.2, 0.25) is 0 Å². The van der Waals surface area contributed by atoms with E-state index in [1.54, 1.807) is 0 Å². The molecule has 0 amide bonds. The Hall–Kier alpha value is -0.120. The minimum Gasteiger partial charge on any atom is -0.376 e. The highest BCUT2D eigenvalue weighted by atomic mass is 16.5. The molecule has 2 fully saturated rings. The van der Waals surface area contributed by atoms with Crippen LogP contribution in [-0.4, -0.2) is 50.3 Å². The molecule has 17 heavy (non-hydrogen) atoms. The molecule has 0 saturated carbocycles. The molecule has 1 N–H and O–H groups in total. The van der Waals surface area contributed by atoms with Crippen molar-refractivity contribution in [1.29, 1.82) is 0 Å². The molecule has 1 spiro atoms. The number of likely N-dealkylation sites (N-methyl/N-ethyl adjacent to an activating group) is 1. The number of hydrogen-bond acceptors (Lipinski definition) is 3. The van der Waals surface area contributed by atoms with Gasteiger partial charge in [-0.3, -0.25) is 0 Å². The summed E-state index contributed by atoms with van der Waals surface area (Å²) in [6.07, 6.45) is 5.69. The smallest absolute Gasteiger partial charge is 0.0702 e. The molecule has 0 aromatic heterocycles. The Morgan fingerprint density at radius 2 is 2.00 bits per heavy atom. The maximum Gasteiger partial charge on any atom is 0.0702 e. The Balaban J connectivity index is 1.77. The maximum atomic E-state index is 6.12. The molecule has 2 aliphatic rings. The van der Waals surface area contributed by atoms with Gasteiger partial charge >= 0.3 is 0 Å². The van der Waals surface area contributed by atoms with Crippen molar-refractivity contribution >= 4 is 0 Å². The van der Waals surface area contributed by atoms with Gasteiger partial charge in [0, 0.05) is 12.6 Å². The van der Waals surface area contributed by atoms with Gasteiger partial charge in [-0.15, -0.1) is 0 Å². The maximum absolute atomic E-state index is 6.12. The first-order chi connectivity index (χ1) is 8.11. The van der Waals surface area contributed by atoms with Crippen molar-refractivity contribution in [3.05, 3.63) is 0 Å². The van der Waals surface area contributed by atoms with Crippen LogP contribution in [0.2, 0.25) is 0 Å². The summed E-state index contributed by atoms with van der Waals surface area (Å²) < 4.78 is 6.12. The number of rotatable bonds is 3. The lowest BCUT2D eigenvalue weighted by Gasteiger charge is -2.43. The van der Waals surface area contributed by atoms with Crippen LogP contribution in [0.15, 0.2) is 0 Å². The quantitative estimate of drug-likeness (QED) is 0.815. The van der Waals surface area contributed by atoms with E-state index in [9.17, 15) is 0 Å². The van der Waals surface area contributed by atoms with E-state index in [0.717, 1.165) is 13.2 Å². The Morgan fingerprint density at radius 1 is 1.29 bits per heavy atom. The molecule has 2 rings (SSSR count). The first kappa shape index (κ1) is 13.3. The number of ether oxygens (including phenoxy) is 1. The second-order valence-corrected chi connectivity index (χ2v) is 6.26. The van der Waals surface area contributed by atoms with Crippen LogP contribution < -0.4 is 5.32 Å². The monoisotopic (exact) mass is 240 g/mol. The van der Waals surface area contributed by atoms with Crippen LogP contribution >= 0.6 is 0 Å². The van der Waals surface area contributed by atoms with E-state index >= 15 is 0 Å². The van der Waals surface area contributed by atoms with Crippen molar-refractivity contribution in [2.45, 2.75) is 51.7 Å². The third-order valence-electron chi connectivity index (χ3n) is 4.66. The molecule has 0 aliphatic carbocycles. The predicted octanol–water partition coefficient (Wildman–Crippen LogP) is 1.88. The largest absolute Gasteiger partial charge is 0.376 e. The van der Waals surface area contributed by atoms with Gasteiger partial charge < -0.3 is 15.0 Å². The molecule has 0 unspecified atom stereocenters. The van der Waals surface area contributed by atoms with Crippen LogP contribution in [0.4, 0.5) is 0 Å². The molecule has 2 aliphatic heterocycles. The van der Waals surface area contributed by atoms with Gasteiger partial charge in [-0.25, -0.2) is 0 Å². The molecule has 3 heteroatoms. The normalized spacial score (nSPS) is 29.1. The standard InChI is InChI=1S/C14H28N2O/c1-12(2)16(3)10-13-4-5-14(11-17-13)6-8-15-9-7-14/h12-13,15H,4-11H2,1-3H3/t13-/m1/s1. The topological polar surface area (TPSA) is 24.5 Å². The van der Waals surface area contributed by atoms with E-state index in [1.165, 1.54) is 38.8 Å². The van der Waals surface area contributed by atoms with Gasteiger partial charge in [0.25, 0.3) is 0 Å². The van der Waals surface area contributed by atoms with Gasteiger partial charge in [0.1, 0.15) is 0 Å². The molecular formula is C14H28N2O. The molecule has 2 saturated heterocycles. The van der Waals surface area contributed by atoms with Crippen molar-refractivity contribution in [3.63, 3.8) is 0 Å². The van der Waals surface area contributed by atoms with Crippen molar-refractivity contribution in [2.75, 3.05) is 33.3 Å². The van der Waals surface area contributed by atoms with E-state index < -0.39 is 0 Å². The second-order valence-electron chi connectivity index (χ2n) is 6.26. The number of nitrogens with one attached hydrogen (secondary N) is 1. The SMILES string of the molecule is CC(C)N(C)C[C@H]1CCC2(CCNCC2)CO1. The Kier molecular flexibility index (Phi) is 4.45. The lowest BCUT2D eigenvalue weighted by molar-refractivity contribution is -0.0840. The summed E-state index contributed by atoms with van der Waals surface area (Å²) in [5.74, 6) is 0. The van der Waals surface area contributed by atoms with Crippen LogP contribution in [0.5, 0.6) is 0 Å². The van der Waals surface area contributed by atoms with Crippen molar-refractivity contribution in [2.24, 2.45) is 5.41 Å². The lowest BCUT2D eigenvalue weighted by Crippen LogP contribution is -2.46. The second kappa shape index (κ2) is 5.68. The minimum absolute atomic E-state index is 0.461. The molecule has 0 aromatic carbocycles. The van der Waals surface area contributed by atoms with Gasteiger partial charge in [0.15, 0.2) is 0 Å². The molecule has 2 heterocycles. The number of piperidine rings is 1. The summed E-state index contributed by atoms with van der Waals surface area (Å²) in [7, 11) is 2.20. The molecule has 3 nitrogen and oxygen atoms in total. The summed E-state index contributed by atoms with van der Waals surface area (Å²) in [5, 5.41) is 3.45. The first-order valence-electron chi connectivity index (χ1n) is 7.14.